The van der Waals surface area contributed by atoms with Crippen LogP contribution in [-0.4, -0.2) is 46.2 Å². The summed E-state index contributed by atoms with van der Waals surface area (Å²) in [6, 6.07) is 5.37. The lowest BCUT2D eigenvalue weighted by atomic mass is 10.1. The molecule has 25 heavy (non-hydrogen) atoms. The van der Waals surface area contributed by atoms with Crippen LogP contribution < -0.4 is 11.2 Å². The second-order valence-corrected chi connectivity index (χ2v) is 6.34. The van der Waals surface area contributed by atoms with E-state index in [0.717, 1.165) is 5.56 Å². The molecular formula is C18H23N3O4. The Labute approximate surface area is 145 Å². The van der Waals surface area contributed by atoms with E-state index in [9.17, 15) is 14.4 Å². The van der Waals surface area contributed by atoms with Crippen LogP contribution in [-0.2, 0) is 22.6 Å². The Kier molecular flexibility index (Phi) is 5.03. The summed E-state index contributed by atoms with van der Waals surface area (Å²) in [5.41, 5.74) is 0.734. The molecule has 0 aliphatic carbocycles. The third-order valence-electron chi connectivity index (χ3n) is 4.48. The van der Waals surface area contributed by atoms with E-state index in [2.05, 4.69) is 0 Å². The number of hydrogen-bond donors (Lipinski definition) is 0. The number of aryl methyl sites for hydroxylation is 1. The molecule has 3 rings (SSSR count). The van der Waals surface area contributed by atoms with Gasteiger partial charge in [-0.05, 0) is 25.5 Å². The van der Waals surface area contributed by atoms with Crippen LogP contribution >= 0.6 is 0 Å². The molecular weight excluding hydrogens is 322 g/mol. The maximum Gasteiger partial charge on any atom is 0.331 e. The van der Waals surface area contributed by atoms with Gasteiger partial charge >= 0.3 is 5.69 Å². The van der Waals surface area contributed by atoms with Gasteiger partial charge < -0.3 is 9.64 Å². The number of fused-ring (bicyclic) bond motifs is 1. The molecule has 0 spiro atoms. The van der Waals surface area contributed by atoms with Crippen molar-refractivity contribution in [3.63, 3.8) is 0 Å². The average Bonchev–Trinajstić information content (AvgIpc) is 2.63. The molecule has 7 nitrogen and oxygen atoms in total. The SMILES string of the molecule is CCCn1c(=O)c2cc(C)ccc2n(CC(=O)N2CCOCC2)c1=O. The number of hydrogen-bond acceptors (Lipinski definition) is 4. The lowest BCUT2D eigenvalue weighted by Crippen LogP contribution is -2.46. The first-order chi connectivity index (χ1) is 12.0. The molecule has 0 radical (unpaired) electrons. The summed E-state index contributed by atoms with van der Waals surface area (Å²) in [7, 11) is 0. The fourth-order valence-corrected chi connectivity index (χ4v) is 3.16. The number of morpholine rings is 1. The quantitative estimate of drug-likeness (QED) is 0.819. The largest absolute Gasteiger partial charge is 0.378 e. The van der Waals surface area contributed by atoms with E-state index in [1.54, 1.807) is 17.0 Å². The van der Waals surface area contributed by atoms with Crippen LogP contribution in [0.3, 0.4) is 0 Å². The Morgan fingerprint density at radius 1 is 1.16 bits per heavy atom. The number of carbonyl (C=O) groups is 1. The van der Waals surface area contributed by atoms with Gasteiger partial charge in [-0.25, -0.2) is 4.79 Å². The molecule has 7 heteroatoms. The van der Waals surface area contributed by atoms with Gasteiger partial charge in [0.05, 0.1) is 24.1 Å². The Morgan fingerprint density at radius 3 is 2.56 bits per heavy atom. The maximum absolute atomic E-state index is 12.8. The van der Waals surface area contributed by atoms with Crippen LogP contribution in [0.5, 0.6) is 0 Å². The smallest absolute Gasteiger partial charge is 0.331 e. The number of amides is 1. The molecule has 0 saturated carbocycles. The van der Waals surface area contributed by atoms with Crippen LogP contribution in [0.1, 0.15) is 18.9 Å². The van der Waals surface area contributed by atoms with E-state index >= 15 is 0 Å². The zero-order valence-corrected chi connectivity index (χ0v) is 14.7. The summed E-state index contributed by atoms with van der Waals surface area (Å²) in [4.78, 5) is 39.8. The molecule has 0 N–H and O–H groups in total. The lowest BCUT2D eigenvalue weighted by molar-refractivity contribution is -0.135. The molecule has 1 saturated heterocycles. The van der Waals surface area contributed by atoms with E-state index in [-0.39, 0.29) is 18.0 Å². The molecule has 0 unspecified atom stereocenters. The van der Waals surface area contributed by atoms with Crippen LogP contribution in [0.25, 0.3) is 10.9 Å². The maximum atomic E-state index is 12.8. The summed E-state index contributed by atoms with van der Waals surface area (Å²) < 4.78 is 7.92. The van der Waals surface area contributed by atoms with Crippen molar-refractivity contribution in [3.05, 3.63) is 44.6 Å². The van der Waals surface area contributed by atoms with E-state index in [4.69, 9.17) is 4.74 Å². The Bertz CT molecular complexity index is 907. The van der Waals surface area contributed by atoms with Crippen molar-refractivity contribution in [2.45, 2.75) is 33.4 Å². The highest BCUT2D eigenvalue weighted by atomic mass is 16.5. The molecule has 0 bridgehead atoms. The summed E-state index contributed by atoms with van der Waals surface area (Å²) in [5, 5.41) is 0.475. The molecule has 1 aromatic carbocycles. The summed E-state index contributed by atoms with van der Waals surface area (Å²) in [6.45, 7) is 6.16. The molecule has 1 amide bonds. The van der Waals surface area contributed by atoms with E-state index in [0.29, 0.717) is 50.2 Å². The molecule has 1 fully saturated rings. The molecule has 1 aromatic heterocycles. The van der Waals surface area contributed by atoms with Gasteiger partial charge in [-0.2, -0.15) is 0 Å². The lowest BCUT2D eigenvalue weighted by Gasteiger charge is -2.27. The van der Waals surface area contributed by atoms with Gasteiger partial charge in [0.1, 0.15) is 6.54 Å². The molecule has 1 aliphatic heterocycles. The first-order valence-electron chi connectivity index (χ1n) is 8.62. The number of aromatic nitrogens is 2. The van der Waals surface area contributed by atoms with E-state index in [1.165, 1.54) is 9.13 Å². The zero-order chi connectivity index (χ0) is 18.0. The molecule has 0 atom stereocenters. The monoisotopic (exact) mass is 345 g/mol. The topological polar surface area (TPSA) is 73.5 Å². The summed E-state index contributed by atoms with van der Waals surface area (Å²) >= 11 is 0. The van der Waals surface area contributed by atoms with Crippen LogP contribution in [0.2, 0.25) is 0 Å². The van der Waals surface area contributed by atoms with Gasteiger partial charge in [0, 0.05) is 19.6 Å². The third-order valence-corrected chi connectivity index (χ3v) is 4.48. The normalized spacial score (nSPS) is 14.9. The fraction of sp³-hybridized carbons (Fsp3) is 0.500. The van der Waals surface area contributed by atoms with Gasteiger partial charge in [-0.3, -0.25) is 18.7 Å². The molecule has 1 aliphatic rings. The van der Waals surface area contributed by atoms with Crippen LogP contribution in [0.4, 0.5) is 0 Å². The van der Waals surface area contributed by atoms with Crippen molar-refractivity contribution in [2.75, 3.05) is 26.3 Å². The number of carbonyl (C=O) groups excluding carboxylic acids is 1. The van der Waals surface area contributed by atoms with Gasteiger partial charge in [0.15, 0.2) is 0 Å². The van der Waals surface area contributed by atoms with Crippen molar-refractivity contribution in [3.8, 4) is 0 Å². The van der Waals surface area contributed by atoms with Crippen molar-refractivity contribution in [2.24, 2.45) is 0 Å². The highest BCUT2D eigenvalue weighted by Crippen LogP contribution is 2.12. The predicted octanol–water partition coefficient (Wildman–Crippen LogP) is 0.740. The number of nitrogens with zero attached hydrogens (tertiary/aromatic N) is 3. The second kappa shape index (κ2) is 7.23. The Morgan fingerprint density at radius 2 is 1.88 bits per heavy atom. The number of ether oxygens (including phenoxy) is 1. The molecule has 2 aromatic rings. The molecule has 134 valence electrons. The Hall–Kier alpha value is -2.41. The second-order valence-electron chi connectivity index (χ2n) is 6.34. The number of rotatable bonds is 4. The highest BCUT2D eigenvalue weighted by Gasteiger charge is 2.20. The van der Waals surface area contributed by atoms with Crippen molar-refractivity contribution in [1.29, 1.82) is 0 Å². The average molecular weight is 345 g/mol. The fourth-order valence-electron chi connectivity index (χ4n) is 3.16. The van der Waals surface area contributed by atoms with E-state index < -0.39 is 5.69 Å². The minimum Gasteiger partial charge on any atom is -0.378 e. The van der Waals surface area contributed by atoms with Gasteiger partial charge in [0.2, 0.25) is 5.91 Å². The minimum absolute atomic E-state index is 0.0671. The first-order valence-corrected chi connectivity index (χ1v) is 8.62. The first kappa shape index (κ1) is 17.4. The van der Waals surface area contributed by atoms with Crippen molar-refractivity contribution in [1.82, 2.24) is 14.0 Å². The van der Waals surface area contributed by atoms with Gasteiger partial charge in [-0.15, -0.1) is 0 Å². The van der Waals surface area contributed by atoms with Crippen LogP contribution in [0.15, 0.2) is 27.8 Å². The summed E-state index contributed by atoms with van der Waals surface area (Å²) in [6.07, 6.45) is 0.671. The zero-order valence-electron chi connectivity index (χ0n) is 14.7. The Balaban J connectivity index is 2.11. The van der Waals surface area contributed by atoms with Gasteiger partial charge in [-0.1, -0.05) is 18.6 Å². The standard InChI is InChI=1S/C18H23N3O4/c1-3-6-20-17(23)14-11-13(2)4-5-15(14)21(18(20)24)12-16(22)19-7-9-25-10-8-19/h4-5,11H,3,6-10,12H2,1-2H3. The molecule has 2 heterocycles. The van der Waals surface area contributed by atoms with Crippen molar-refractivity contribution < 1.29 is 9.53 Å². The number of benzene rings is 1. The predicted molar refractivity (Wildman–Crippen MR) is 94.9 cm³/mol. The van der Waals surface area contributed by atoms with E-state index in [1.807, 2.05) is 19.9 Å². The van der Waals surface area contributed by atoms with Crippen molar-refractivity contribution >= 4 is 16.8 Å². The summed E-state index contributed by atoms with van der Waals surface area (Å²) in [5.74, 6) is -0.131. The van der Waals surface area contributed by atoms with Gasteiger partial charge in [0.25, 0.3) is 5.56 Å². The minimum atomic E-state index is -0.426. The third kappa shape index (κ3) is 3.37. The highest BCUT2D eigenvalue weighted by molar-refractivity contribution is 5.82. The van der Waals surface area contributed by atoms with Crippen LogP contribution in [0, 0.1) is 6.92 Å².